The molecule has 1 aromatic rings. The number of hydrogen-bond acceptors (Lipinski definition) is 5. The highest BCUT2D eigenvalue weighted by Crippen LogP contribution is 2.29. The number of amidine groups is 1. The number of oxime groups is 1. The van der Waals surface area contributed by atoms with Gasteiger partial charge in [-0.3, -0.25) is 4.79 Å². The van der Waals surface area contributed by atoms with Gasteiger partial charge in [0.2, 0.25) is 0 Å². The number of amides is 1. The number of rotatable bonds is 3. The molecule has 1 heterocycles. The third-order valence-corrected chi connectivity index (χ3v) is 4.28. The van der Waals surface area contributed by atoms with Crippen LogP contribution in [0.15, 0.2) is 10.5 Å². The van der Waals surface area contributed by atoms with E-state index >= 15 is 0 Å². The van der Waals surface area contributed by atoms with E-state index in [1.54, 1.807) is 5.38 Å². The summed E-state index contributed by atoms with van der Waals surface area (Å²) in [4.78, 5) is 16.3. The van der Waals surface area contributed by atoms with Crippen LogP contribution in [0.3, 0.4) is 0 Å². The standard InChI is InChI=1S/C12H18N4O2S/c1-8-14-9(7-19-8)10(17)15-12(11(13)16-18)5-3-2-4-6-12/h7,18H,2-6H2,1H3,(H2,13,16)(H,15,17). The molecule has 6 nitrogen and oxygen atoms in total. The Kier molecular flexibility index (Phi) is 4.04. The Morgan fingerprint density at radius 3 is 2.74 bits per heavy atom. The zero-order valence-corrected chi connectivity index (χ0v) is 11.7. The molecule has 4 N–H and O–H groups in total. The lowest BCUT2D eigenvalue weighted by atomic mass is 9.80. The van der Waals surface area contributed by atoms with Crippen molar-refractivity contribution in [1.29, 1.82) is 0 Å². The van der Waals surface area contributed by atoms with Crippen LogP contribution in [0.1, 0.15) is 47.6 Å². The summed E-state index contributed by atoms with van der Waals surface area (Å²) in [6, 6.07) is 0. The van der Waals surface area contributed by atoms with Crippen LogP contribution in [0.25, 0.3) is 0 Å². The molecule has 0 aromatic carbocycles. The smallest absolute Gasteiger partial charge is 0.271 e. The van der Waals surface area contributed by atoms with Crippen LogP contribution in [0, 0.1) is 6.92 Å². The minimum absolute atomic E-state index is 0.0764. The molecule has 0 saturated heterocycles. The third kappa shape index (κ3) is 2.86. The predicted octanol–water partition coefficient (Wildman–Crippen LogP) is 1.63. The molecule has 7 heteroatoms. The maximum atomic E-state index is 12.2. The fourth-order valence-corrected chi connectivity index (χ4v) is 3.04. The van der Waals surface area contributed by atoms with Crippen LogP contribution in [0.2, 0.25) is 0 Å². The molecule has 0 spiro atoms. The Balaban J connectivity index is 2.19. The number of carbonyl (C=O) groups is 1. The van der Waals surface area contributed by atoms with Crippen LogP contribution >= 0.6 is 11.3 Å². The van der Waals surface area contributed by atoms with Crippen molar-refractivity contribution in [3.05, 3.63) is 16.1 Å². The second-order valence-electron chi connectivity index (χ2n) is 4.83. The van der Waals surface area contributed by atoms with E-state index in [4.69, 9.17) is 10.9 Å². The zero-order chi connectivity index (χ0) is 13.9. The summed E-state index contributed by atoms with van der Waals surface area (Å²) in [5.74, 6) is -0.189. The van der Waals surface area contributed by atoms with Gasteiger partial charge < -0.3 is 16.3 Å². The highest BCUT2D eigenvalue weighted by atomic mass is 32.1. The molecular formula is C12H18N4O2S. The quantitative estimate of drug-likeness (QED) is 0.339. The molecule has 0 unspecified atom stereocenters. The van der Waals surface area contributed by atoms with Crippen molar-refractivity contribution < 1.29 is 10.0 Å². The van der Waals surface area contributed by atoms with Gasteiger partial charge >= 0.3 is 0 Å². The Hall–Kier alpha value is -1.63. The van der Waals surface area contributed by atoms with E-state index in [-0.39, 0.29) is 11.7 Å². The summed E-state index contributed by atoms with van der Waals surface area (Å²) in [7, 11) is 0. The van der Waals surface area contributed by atoms with Gasteiger partial charge in [0.25, 0.3) is 5.91 Å². The fraction of sp³-hybridized carbons (Fsp3) is 0.583. The number of aryl methyl sites for hydroxylation is 1. The molecular weight excluding hydrogens is 264 g/mol. The molecule has 0 bridgehead atoms. The average molecular weight is 282 g/mol. The predicted molar refractivity (Wildman–Crippen MR) is 73.5 cm³/mol. The monoisotopic (exact) mass is 282 g/mol. The first-order valence-electron chi connectivity index (χ1n) is 6.30. The number of hydrogen-bond donors (Lipinski definition) is 3. The van der Waals surface area contributed by atoms with E-state index in [0.29, 0.717) is 18.5 Å². The third-order valence-electron chi connectivity index (χ3n) is 3.51. The summed E-state index contributed by atoms with van der Waals surface area (Å²) in [6.07, 6.45) is 4.39. The molecule has 2 rings (SSSR count). The number of nitrogens with two attached hydrogens (primary N) is 1. The first kappa shape index (κ1) is 13.8. The Morgan fingerprint density at radius 1 is 1.53 bits per heavy atom. The lowest BCUT2D eigenvalue weighted by Crippen LogP contribution is -2.58. The van der Waals surface area contributed by atoms with Crippen molar-refractivity contribution in [2.24, 2.45) is 10.9 Å². The molecule has 1 amide bonds. The van der Waals surface area contributed by atoms with E-state index in [0.717, 1.165) is 24.3 Å². The maximum Gasteiger partial charge on any atom is 0.271 e. The first-order chi connectivity index (χ1) is 9.07. The highest BCUT2D eigenvalue weighted by Gasteiger charge is 2.38. The van der Waals surface area contributed by atoms with Crippen molar-refractivity contribution >= 4 is 23.1 Å². The van der Waals surface area contributed by atoms with Gasteiger partial charge in [-0.25, -0.2) is 4.98 Å². The molecule has 104 valence electrons. The summed E-state index contributed by atoms with van der Waals surface area (Å²) in [5, 5.41) is 17.5. The molecule has 1 saturated carbocycles. The minimum Gasteiger partial charge on any atom is -0.409 e. The average Bonchev–Trinajstić information content (AvgIpc) is 2.85. The van der Waals surface area contributed by atoms with Gasteiger partial charge in [0.05, 0.1) is 5.01 Å². The van der Waals surface area contributed by atoms with E-state index in [1.807, 2.05) is 6.92 Å². The minimum atomic E-state index is -0.735. The number of aromatic nitrogens is 1. The van der Waals surface area contributed by atoms with Crippen molar-refractivity contribution in [1.82, 2.24) is 10.3 Å². The second kappa shape index (κ2) is 5.56. The van der Waals surface area contributed by atoms with E-state index in [1.165, 1.54) is 11.3 Å². The summed E-state index contributed by atoms with van der Waals surface area (Å²) in [5.41, 5.74) is 5.43. The van der Waals surface area contributed by atoms with Gasteiger partial charge in [-0.2, -0.15) is 0 Å². The first-order valence-corrected chi connectivity index (χ1v) is 7.18. The van der Waals surface area contributed by atoms with Gasteiger partial charge in [-0.05, 0) is 19.8 Å². The van der Waals surface area contributed by atoms with Crippen LogP contribution in [0.4, 0.5) is 0 Å². The highest BCUT2D eigenvalue weighted by molar-refractivity contribution is 7.09. The summed E-state index contributed by atoms with van der Waals surface area (Å²) < 4.78 is 0. The lowest BCUT2D eigenvalue weighted by Gasteiger charge is -2.36. The number of thiazole rings is 1. The molecule has 1 aliphatic carbocycles. The van der Waals surface area contributed by atoms with Crippen molar-refractivity contribution in [2.45, 2.75) is 44.6 Å². The molecule has 0 aliphatic heterocycles. The number of nitrogens with zero attached hydrogens (tertiary/aromatic N) is 2. The largest absolute Gasteiger partial charge is 0.409 e. The molecule has 1 fully saturated rings. The van der Waals surface area contributed by atoms with Crippen LogP contribution < -0.4 is 11.1 Å². The van der Waals surface area contributed by atoms with Crippen LogP contribution in [0.5, 0.6) is 0 Å². The Bertz CT molecular complexity index is 492. The van der Waals surface area contributed by atoms with Crippen molar-refractivity contribution in [2.75, 3.05) is 0 Å². The molecule has 1 aliphatic rings. The maximum absolute atomic E-state index is 12.2. The van der Waals surface area contributed by atoms with E-state index in [2.05, 4.69) is 15.5 Å². The fourth-order valence-electron chi connectivity index (χ4n) is 2.45. The van der Waals surface area contributed by atoms with E-state index in [9.17, 15) is 4.79 Å². The van der Waals surface area contributed by atoms with Gasteiger partial charge in [-0.1, -0.05) is 24.4 Å². The SMILES string of the molecule is Cc1nc(C(=O)NC2(C(N)=NO)CCCCC2)cs1. The summed E-state index contributed by atoms with van der Waals surface area (Å²) in [6.45, 7) is 1.85. The zero-order valence-electron chi connectivity index (χ0n) is 10.8. The molecule has 0 radical (unpaired) electrons. The lowest BCUT2D eigenvalue weighted by molar-refractivity contribution is 0.0901. The number of carbonyl (C=O) groups excluding carboxylic acids is 1. The Morgan fingerprint density at radius 2 is 2.21 bits per heavy atom. The van der Waals surface area contributed by atoms with Gasteiger partial charge in [0, 0.05) is 5.38 Å². The molecule has 0 atom stereocenters. The Labute approximate surface area is 115 Å². The molecule has 1 aromatic heterocycles. The second-order valence-corrected chi connectivity index (χ2v) is 5.90. The van der Waals surface area contributed by atoms with Gasteiger partial charge in [0.15, 0.2) is 5.84 Å². The van der Waals surface area contributed by atoms with Gasteiger partial charge in [0.1, 0.15) is 11.2 Å². The van der Waals surface area contributed by atoms with Crippen LogP contribution in [-0.2, 0) is 0 Å². The van der Waals surface area contributed by atoms with Crippen molar-refractivity contribution in [3.8, 4) is 0 Å². The topological polar surface area (TPSA) is 101 Å². The summed E-state index contributed by atoms with van der Waals surface area (Å²) >= 11 is 1.43. The van der Waals surface area contributed by atoms with Crippen LogP contribution in [-0.4, -0.2) is 27.5 Å². The number of nitrogens with one attached hydrogen (secondary N) is 1. The van der Waals surface area contributed by atoms with Crippen molar-refractivity contribution in [3.63, 3.8) is 0 Å². The molecule has 19 heavy (non-hydrogen) atoms. The van der Waals surface area contributed by atoms with Gasteiger partial charge in [-0.15, -0.1) is 11.3 Å². The van der Waals surface area contributed by atoms with E-state index < -0.39 is 5.54 Å². The normalized spacial score (nSPS) is 19.1.